The Bertz CT molecular complexity index is 626. The van der Waals surface area contributed by atoms with E-state index < -0.39 is 37.5 Å². The fraction of sp³-hybridized carbons (Fsp3) is 0.222. The predicted molar refractivity (Wildman–Crippen MR) is 58.4 cm³/mol. The van der Waals surface area contributed by atoms with Crippen LogP contribution in [0.4, 0.5) is 5.69 Å². The average molecular weight is 272 g/mol. The Morgan fingerprint density at radius 2 is 2.06 bits per heavy atom. The second-order valence-corrected chi connectivity index (χ2v) is 5.51. The molecule has 0 bridgehead atoms. The van der Waals surface area contributed by atoms with Crippen LogP contribution in [0, 0.1) is 10.1 Å². The van der Waals surface area contributed by atoms with E-state index in [0.29, 0.717) is 4.31 Å². The van der Waals surface area contributed by atoms with Crippen molar-refractivity contribution in [3.63, 3.8) is 0 Å². The molecule has 1 N–H and O–H groups in total. The van der Waals surface area contributed by atoms with Crippen molar-refractivity contribution in [2.45, 2.75) is 10.9 Å². The third-order valence-corrected chi connectivity index (χ3v) is 4.42. The third kappa shape index (κ3) is 1.93. The maximum Gasteiger partial charge on any atom is 0.323 e. The highest BCUT2D eigenvalue weighted by Crippen LogP contribution is 2.32. The van der Waals surface area contributed by atoms with Gasteiger partial charge in [-0.2, -0.15) is 4.31 Å². The predicted octanol–water partition coefficient (Wildman–Crippen LogP) is 0.0523. The molecule has 0 aliphatic carbocycles. The number of carboxylic acid groups (broad SMARTS) is 1. The number of hydrogen-bond donors (Lipinski definition) is 1. The third-order valence-electron chi connectivity index (χ3n) is 2.50. The van der Waals surface area contributed by atoms with Crippen LogP contribution in [0.15, 0.2) is 29.2 Å². The Balaban J connectivity index is 2.44. The summed E-state index contributed by atoms with van der Waals surface area (Å²) in [5.41, 5.74) is -0.562. The van der Waals surface area contributed by atoms with E-state index in [0.717, 1.165) is 12.1 Å². The number of benzene rings is 1. The maximum absolute atomic E-state index is 12.0. The summed E-state index contributed by atoms with van der Waals surface area (Å²) in [5, 5.41) is 19.4. The minimum atomic E-state index is -4.12. The van der Waals surface area contributed by atoms with Crippen molar-refractivity contribution in [3.8, 4) is 0 Å². The molecule has 0 aromatic heterocycles. The molecule has 1 aliphatic heterocycles. The molecule has 18 heavy (non-hydrogen) atoms. The van der Waals surface area contributed by atoms with Crippen LogP contribution in [0.25, 0.3) is 0 Å². The van der Waals surface area contributed by atoms with Gasteiger partial charge in [0, 0.05) is 12.6 Å². The molecule has 9 heteroatoms. The largest absolute Gasteiger partial charge is 0.480 e. The van der Waals surface area contributed by atoms with Crippen molar-refractivity contribution in [1.29, 1.82) is 0 Å². The molecule has 8 nitrogen and oxygen atoms in total. The van der Waals surface area contributed by atoms with E-state index in [2.05, 4.69) is 0 Å². The van der Waals surface area contributed by atoms with Gasteiger partial charge in [-0.25, -0.2) is 8.42 Å². The lowest BCUT2D eigenvalue weighted by Crippen LogP contribution is -2.19. The molecule has 0 spiro atoms. The quantitative estimate of drug-likeness (QED) is 0.470. The zero-order valence-electron chi connectivity index (χ0n) is 8.88. The number of nitro benzene ring substituents is 1. The summed E-state index contributed by atoms with van der Waals surface area (Å²) in [7, 11) is -4.12. The normalized spacial score (nSPS) is 22.4. The molecule has 1 aliphatic rings. The van der Waals surface area contributed by atoms with E-state index >= 15 is 0 Å². The zero-order valence-corrected chi connectivity index (χ0v) is 9.70. The summed E-state index contributed by atoms with van der Waals surface area (Å²) in [6.07, 6.45) is 0. The fourth-order valence-electron chi connectivity index (χ4n) is 1.54. The van der Waals surface area contributed by atoms with Crippen molar-refractivity contribution in [2.24, 2.45) is 0 Å². The van der Waals surface area contributed by atoms with Gasteiger partial charge in [-0.1, -0.05) is 12.1 Å². The van der Waals surface area contributed by atoms with Gasteiger partial charge in [0.05, 0.1) is 4.92 Å². The summed E-state index contributed by atoms with van der Waals surface area (Å²) >= 11 is 0. The second-order valence-electron chi connectivity index (χ2n) is 3.65. The Labute approximate surface area is 102 Å². The van der Waals surface area contributed by atoms with Crippen LogP contribution in [0.3, 0.4) is 0 Å². The Hall–Kier alpha value is -2.00. The van der Waals surface area contributed by atoms with Gasteiger partial charge < -0.3 is 5.11 Å². The van der Waals surface area contributed by atoms with Crippen LogP contribution in [0.5, 0.6) is 0 Å². The zero-order chi connectivity index (χ0) is 13.5. The lowest BCUT2D eigenvalue weighted by molar-refractivity contribution is -0.387. The van der Waals surface area contributed by atoms with E-state index in [1.807, 2.05) is 0 Å². The fourth-order valence-corrected chi connectivity index (χ4v) is 3.22. The molecule has 2 rings (SSSR count). The first kappa shape index (κ1) is 12.5. The van der Waals surface area contributed by atoms with Crippen LogP contribution in [0.2, 0.25) is 0 Å². The Morgan fingerprint density at radius 1 is 1.44 bits per heavy atom. The highest BCUT2D eigenvalue weighted by atomic mass is 32.2. The number of carboxylic acids is 1. The molecular weight excluding hydrogens is 264 g/mol. The second kappa shape index (κ2) is 4.03. The number of rotatable bonds is 4. The first-order chi connectivity index (χ1) is 8.35. The van der Waals surface area contributed by atoms with Gasteiger partial charge in [0.25, 0.3) is 15.7 Å². The van der Waals surface area contributed by atoms with E-state index in [1.54, 1.807) is 0 Å². The van der Waals surface area contributed by atoms with Crippen LogP contribution < -0.4 is 0 Å². The molecule has 1 fully saturated rings. The van der Waals surface area contributed by atoms with E-state index in [-0.39, 0.29) is 6.54 Å². The molecule has 96 valence electrons. The van der Waals surface area contributed by atoms with E-state index in [4.69, 9.17) is 5.11 Å². The number of hydrogen-bond acceptors (Lipinski definition) is 5. The van der Waals surface area contributed by atoms with Crippen molar-refractivity contribution in [2.75, 3.05) is 6.54 Å². The summed E-state index contributed by atoms with van der Waals surface area (Å²) in [5.74, 6) is -1.27. The number of nitro groups is 1. The molecule has 0 amide bonds. The molecule has 0 saturated carbocycles. The summed E-state index contributed by atoms with van der Waals surface area (Å²) in [6.45, 7) is -0.163. The van der Waals surface area contributed by atoms with Crippen LogP contribution in [0.1, 0.15) is 0 Å². The first-order valence-corrected chi connectivity index (χ1v) is 6.28. The van der Waals surface area contributed by atoms with Gasteiger partial charge in [-0.3, -0.25) is 14.9 Å². The lowest BCUT2D eigenvalue weighted by atomic mass is 10.3. The van der Waals surface area contributed by atoms with E-state index in [9.17, 15) is 23.3 Å². The molecule has 1 saturated heterocycles. The van der Waals surface area contributed by atoms with Crippen molar-refractivity contribution >= 4 is 21.7 Å². The SMILES string of the molecule is O=C(O)[C@@H]1CN1S(=O)(=O)c1ccccc1[N+](=O)[O-]. The number of para-hydroxylation sites is 1. The smallest absolute Gasteiger partial charge is 0.323 e. The molecular formula is C9H8N2O6S. The minimum absolute atomic E-state index is 0.163. The standard InChI is InChI=1S/C9H8N2O6S/c12-9(13)7-5-10(7)18(16,17)8-4-2-1-3-6(8)11(14)15/h1-4,7H,5H2,(H,12,13)/t7-,10?/m0/s1. The summed E-state index contributed by atoms with van der Waals surface area (Å²) in [4.78, 5) is 20.1. The van der Waals surface area contributed by atoms with Gasteiger partial charge in [0.2, 0.25) is 0 Å². The summed E-state index contributed by atoms with van der Waals surface area (Å²) in [6, 6.07) is 3.71. The van der Waals surface area contributed by atoms with Gasteiger partial charge in [0.1, 0.15) is 6.04 Å². The number of aliphatic carboxylic acids is 1. The molecule has 1 heterocycles. The van der Waals surface area contributed by atoms with Gasteiger partial charge in [-0.05, 0) is 6.07 Å². The maximum atomic E-state index is 12.0. The van der Waals surface area contributed by atoms with Crippen LogP contribution in [-0.2, 0) is 14.8 Å². The lowest BCUT2D eigenvalue weighted by Gasteiger charge is -2.05. The van der Waals surface area contributed by atoms with Crippen LogP contribution >= 0.6 is 0 Å². The number of sulfonamides is 1. The molecule has 0 radical (unpaired) electrons. The van der Waals surface area contributed by atoms with Crippen molar-refractivity contribution in [3.05, 3.63) is 34.4 Å². The first-order valence-electron chi connectivity index (χ1n) is 4.84. The molecule has 1 aromatic rings. The highest BCUT2D eigenvalue weighted by molar-refractivity contribution is 7.89. The van der Waals surface area contributed by atoms with Crippen LogP contribution in [-0.4, -0.2) is 41.3 Å². The molecule has 2 atom stereocenters. The van der Waals surface area contributed by atoms with Gasteiger partial charge >= 0.3 is 5.97 Å². The average Bonchev–Trinajstić information content (AvgIpc) is 3.09. The number of carbonyl (C=O) groups is 1. The Kier molecular flexibility index (Phi) is 2.79. The number of nitrogens with zero attached hydrogens (tertiary/aromatic N) is 2. The van der Waals surface area contributed by atoms with Crippen molar-refractivity contribution < 1.29 is 23.2 Å². The monoisotopic (exact) mass is 272 g/mol. The Morgan fingerprint density at radius 3 is 2.56 bits per heavy atom. The molecule has 1 aromatic carbocycles. The topological polar surface area (TPSA) is 118 Å². The molecule has 1 unspecified atom stereocenters. The van der Waals surface area contributed by atoms with Crippen molar-refractivity contribution in [1.82, 2.24) is 4.31 Å². The van der Waals surface area contributed by atoms with Gasteiger partial charge in [0.15, 0.2) is 4.90 Å². The van der Waals surface area contributed by atoms with E-state index in [1.165, 1.54) is 12.1 Å². The van der Waals surface area contributed by atoms with Gasteiger partial charge in [-0.15, -0.1) is 0 Å². The minimum Gasteiger partial charge on any atom is -0.480 e. The summed E-state index contributed by atoms with van der Waals surface area (Å²) < 4.78 is 24.7. The highest BCUT2D eigenvalue weighted by Gasteiger charge is 2.51.